The second-order valence-corrected chi connectivity index (χ2v) is 10.6. The monoisotopic (exact) mass is 531 g/mol. The van der Waals surface area contributed by atoms with Crippen molar-refractivity contribution in [3.63, 3.8) is 0 Å². The van der Waals surface area contributed by atoms with Crippen molar-refractivity contribution in [1.29, 1.82) is 0 Å². The highest BCUT2D eigenvalue weighted by Crippen LogP contribution is 2.14. The van der Waals surface area contributed by atoms with E-state index in [2.05, 4.69) is 28.3 Å². The first kappa shape index (κ1) is 28.4. The third kappa shape index (κ3) is 8.16. The van der Waals surface area contributed by atoms with Crippen LogP contribution in [0.1, 0.15) is 34.0 Å². The van der Waals surface area contributed by atoms with Gasteiger partial charge < -0.3 is 15.7 Å². The second-order valence-electron chi connectivity index (χ2n) is 8.67. The second kappa shape index (κ2) is 12.9. The zero-order chi connectivity index (χ0) is 27.0. The molecule has 0 aromatic heterocycles. The predicted molar refractivity (Wildman–Crippen MR) is 138 cm³/mol. The van der Waals surface area contributed by atoms with Gasteiger partial charge in [0.05, 0.1) is 17.0 Å². The molecule has 4 N–H and O–H groups in total. The highest BCUT2D eigenvalue weighted by atomic mass is 32.2. The summed E-state index contributed by atoms with van der Waals surface area (Å²) in [6.45, 7) is 2.66. The van der Waals surface area contributed by atoms with E-state index in [1.54, 1.807) is 0 Å². The van der Waals surface area contributed by atoms with Gasteiger partial charge in [-0.25, -0.2) is 21.9 Å². The van der Waals surface area contributed by atoms with Gasteiger partial charge in [-0.1, -0.05) is 31.2 Å². The van der Waals surface area contributed by atoms with Crippen LogP contribution in [0.3, 0.4) is 0 Å². The first-order valence-electron chi connectivity index (χ1n) is 11.9. The SMILES string of the molecule is CCc1cccc(CNC[C@@H](O)[C@H](Cc2cc(F)cc(F)c2)NC(=O)c2ccc(S(=O)(=O)NC)cc2)c1. The van der Waals surface area contributed by atoms with Gasteiger partial charge in [0, 0.05) is 24.7 Å². The van der Waals surface area contributed by atoms with Crippen LogP contribution in [0.2, 0.25) is 0 Å². The van der Waals surface area contributed by atoms with Gasteiger partial charge in [0.1, 0.15) is 11.6 Å². The Morgan fingerprint density at radius 1 is 0.946 bits per heavy atom. The number of benzene rings is 3. The average Bonchev–Trinajstić information content (AvgIpc) is 2.87. The molecule has 0 spiro atoms. The van der Waals surface area contributed by atoms with E-state index in [-0.39, 0.29) is 29.0 Å². The van der Waals surface area contributed by atoms with E-state index in [1.807, 2.05) is 18.2 Å². The molecule has 2 atom stereocenters. The average molecular weight is 532 g/mol. The Morgan fingerprint density at radius 3 is 2.22 bits per heavy atom. The number of carbonyl (C=O) groups is 1. The van der Waals surface area contributed by atoms with Gasteiger partial charge in [-0.2, -0.15) is 0 Å². The molecule has 0 heterocycles. The van der Waals surface area contributed by atoms with Gasteiger partial charge in [0.15, 0.2) is 0 Å². The molecular weight excluding hydrogens is 500 g/mol. The smallest absolute Gasteiger partial charge is 0.251 e. The fourth-order valence-corrected chi connectivity index (χ4v) is 4.62. The van der Waals surface area contributed by atoms with Crippen molar-refractivity contribution in [1.82, 2.24) is 15.4 Å². The lowest BCUT2D eigenvalue weighted by molar-refractivity contribution is 0.0829. The molecule has 0 saturated carbocycles. The summed E-state index contributed by atoms with van der Waals surface area (Å²) in [4.78, 5) is 12.9. The minimum atomic E-state index is -3.66. The Hall–Kier alpha value is -3.18. The molecule has 0 radical (unpaired) electrons. The summed E-state index contributed by atoms with van der Waals surface area (Å²) in [7, 11) is -2.38. The maximum absolute atomic E-state index is 13.8. The van der Waals surface area contributed by atoms with Gasteiger partial charge in [-0.15, -0.1) is 0 Å². The number of aryl methyl sites for hydroxylation is 1. The number of rotatable bonds is 12. The van der Waals surface area contributed by atoms with Crippen molar-refractivity contribution in [3.05, 3.63) is 101 Å². The van der Waals surface area contributed by atoms with E-state index in [4.69, 9.17) is 0 Å². The summed E-state index contributed by atoms with van der Waals surface area (Å²) in [6, 6.07) is 15.5. The van der Waals surface area contributed by atoms with E-state index in [0.29, 0.717) is 6.54 Å². The predicted octanol–water partition coefficient (Wildman–Crippen LogP) is 2.93. The number of nitrogens with one attached hydrogen (secondary N) is 3. The zero-order valence-corrected chi connectivity index (χ0v) is 21.5. The molecule has 37 heavy (non-hydrogen) atoms. The molecule has 10 heteroatoms. The molecule has 0 aliphatic heterocycles. The minimum absolute atomic E-state index is 0.00490. The van der Waals surface area contributed by atoms with Crippen molar-refractivity contribution in [2.75, 3.05) is 13.6 Å². The van der Waals surface area contributed by atoms with E-state index in [1.165, 1.54) is 36.9 Å². The van der Waals surface area contributed by atoms with E-state index in [9.17, 15) is 27.1 Å². The van der Waals surface area contributed by atoms with Crippen molar-refractivity contribution >= 4 is 15.9 Å². The van der Waals surface area contributed by atoms with Crippen LogP contribution < -0.4 is 15.4 Å². The van der Waals surface area contributed by atoms with Gasteiger partial charge in [-0.3, -0.25) is 4.79 Å². The number of halogens is 2. The number of carbonyl (C=O) groups excluding carboxylic acids is 1. The first-order chi connectivity index (χ1) is 17.6. The molecule has 0 bridgehead atoms. The molecule has 0 aliphatic rings. The normalized spacial score (nSPS) is 13.2. The van der Waals surface area contributed by atoms with Crippen molar-refractivity contribution in [3.8, 4) is 0 Å². The molecule has 1 amide bonds. The maximum Gasteiger partial charge on any atom is 0.251 e. The Labute approximate surface area is 216 Å². The topological polar surface area (TPSA) is 108 Å². The van der Waals surface area contributed by atoms with Crippen LogP contribution in [-0.2, 0) is 29.4 Å². The minimum Gasteiger partial charge on any atom is -0.390 e. The van der Waals surface area contributed by atoms with Crippen LogP contribution in [0, 0.1) is 11.6 Å². The van der Waals surface area contributed by atoms with Crippen LogP contribution in [0.25, 0.3) is 0 Å². The number of aliphatic hydroxyl groups excluding tert-OH is 1. The molecule has 7 nitrogen and oxygen atoms in total. The fraction of sp³-hybridized carbons (Fsp3) is 0.296. The molecule has 0 fully saturated rings. The highest BCUT2D eigenvalue weighted by Gasteiger charge is 2.23. The number of hydrogen-bond acceptors (Lipinski definition) is 5. The number of aliphatic hydroxyl groups is 1. The van der Waals surface area contributed by atoms with Crippen LogP contribution in [0.5, 0.6) is 0 Å². The molecule has 3 aromatic rings. The van der Waals surface area contributed by atoms with Crippen molar-refractivity contribution < 1.29 is 27.1 Å². The van der Waals surface area contributed by atoms with Gasteiger partial charge in [0.2, 0.25) is 10.0 Å². The molecule has 0 aliphatic carbocycles. The number of sulfonamides is 1. The summed E-state index contributed by atoms with van der Waals surface area (Å²) in [5.74, 6) is -2.08. The number of hydrogen-bond donors (Lipinski definition) is 4. The summed E-state index contributed by atoms with van der Waals surface area (Å²) < 4.78 is 53.6. The lowest BCUT2D eigenvalue weighted by Gasteiger charge is -2.25. The van der Waals surface area contributed by atoms with E-state index < -0.39 is 39.7 Å². The quantitative estimate of drug-likeness (QED) is 0.288. The highest BCUT2D eigenvalue weighted by molar-refractivity contribution is 7.89. The summed E-state index contributed by atoms with van der Waals surface area (Å²) >= 11 is 0. The zero-order valence-electron chi connectivity index (χ0n) is 20.7. The van der Waals surface area contributed by atoms with E-state index in [0.717, 1.165) is 30.2 Å². The lowest BCUT2D eigenvalue weighted by Crippen LogP contribution is -2.48. The molecule has 3 rings (SSSR count). The molecule has 3 aromatic carbocycles. The van der Waals surface area contributed by atoms with Gasteiger partial charge in [0.25, 0.3) is 5.91 Å². The third-order valence-corrected chi connectivity index (χ3v) is 7.37. The molecule has 0 unspecified atom stereocenters. The Morgan fingerprint density at radius 2 is 1.59 bits per heavy atom. The first-order valence-corrected chi connectivity index (χ1v) is 13.4. The van der Waals surface area contributed by atoms with Crippen molar-refractivity contribution in [2.24, 2.45) is 0 Å². The summed E-state index contributed by atoms with van der Waals surface area (Å²) in [6.07, 6.45) is -0.217. The van der Waals surface area contributed by atoms with Gasteiger partial charge in [-0.05, 0) is 73.0 Å². The lowest BCUT2D eigenvalue weighted by atomic mass is 10.00. The van der Waals surface area contributed by atoms with Crippen LogP contribution in [-0.4, -0.2) is 45.2 Å². The Balaban J connectivity index is 1.73. The van der Waals surface area contributed by atoms with Crippen molar-refractivity contribution in [2.45, 2.75) is 43.4 Å². The van der Waals surface area contributed by atoms with Crippen LogP contribution in [0.4, 0.5) is 8.78 Å². The Bertz CT molecular complexity index is 1300. The molecule has 198 valence electrons. The largest absolute Gasteiger partial charge is 0.390 e. The molecule has 0 saturated heterocycles. The summed E-state index contributed by atoms with van der Waals surface area (Å²) in [5.41, 5.74) is 2.66. The summed E-state index contributed by atoms with van der Waals surface area (Å²) in [5, 5.41) is 16.8. The Kier molecular flexibility index (Phi) is 9.87. The maximum atomic E-state index is 13.8. The standard InChI is InChI=1S/C27H31F2N3O4S/c1-3-18-5-4-6-19(11-18)16-31-17-26(33)25(14-20-12-22(28)15-23(29)13-20)32-27(34)21-7-9-24(10-8-21)37(35,36)30-2/h4-13,15,25-26,30-31,33H,3,14,16-17H2,1-2H3,(H,32,34)/t25-,26+/m0/s1. The van der Waals surface area contributed by atoms with E-state index >= 15 is 0 Å². The third-order valence-electron chi connectivity index (χ3n) is 5.94. The van der Waals surface area contributed by atoms with Crippen LogP contribution in [0.15, 0.2) is 71.6 Å². The number of amides is 1. The molecular formula is C27H31F2N3O4S. The van der Waals surface area contributed by atoms with Crippen LogP contribution >= 0.6 is 0 Å². The van der Waals surface area contributed by atoms with Gasteiger partial charge >= 0.3 is 0 Å². The fourth-order valence-electron chi connectivity index (χ4n) is 3.89.